The molecule has 0 bridgehead atoms. The van der Waals surface area contributed by atoms with E-state index in [4.69, 9.17) is 0 Å². The third kappa shape index (κ3) is 5.25. The zero-order valence-electron chi connectivity index (χ0n) is 13.3. The average molecular weight is 320 g/mol. The highest BCUT2D eigenvalue weighted by atomic mass is 19.4. The molecule has 0 unspecified atom stereocenters. The van der Waals surface area contributed by atoms with Gasteiger partial charge in [-0.15, -0.1) is 13.2 Å². The standard InChI is InChI=1S/C19H19F3O/c1-14-6-4-5-7-17(14)16-10-8-15(9-11-16)12-13-18(2,3)23-19(20,21)22/h4-13H,1-3H3/b13-12+. The third-order valence-electron chi connectivity index (χ3n) is 3.42. The van der Waals surface area contributed by atoms with Gasteiger partial charge in [0.05, 0.1) is 5.60 Å². The second-order valence-electron chi connectivity index (χ2n) is 5.92. The molecule has 0 atom stereocenters. The molecule has 2 aromatic carbocycles. The summed E-state index contributed by atoms with van der Waals surface area (Å²) in [6.45, 7) is 4.79. The van der Waals surface area contributed by atoms with Gasteiger partial charge in [-0.05, 0) is 43.0 Å². The van der Waals surface area contributed by atoms with Crippen LogP contribution in [0, 0.1) is 6.92 Å². The molecular formula is C19H19F3O. The van der Waals surface area contributed by atoms with Gasteiger partial charge in [0.2, 0.25) is 0 Å². The molecule has 0 amide bonds. The lowest BCUT2D eigenvalue weighted by atomic mass is 9.99. The fourth-order valence-electron chi connectivity index (χ4n) is 2.30. The van der Waals surface area contributed by atoms with Crippen LogP contribution < -0.4 is 0 Å². The van der Waals surface area contributed by atoms with Crippen molar-refractivity contribution in [1.82, 2.24) is 0 Å². The van der Waals surface area contributed by atoms with E-state index in [0.29, 0.717) is 0 Å². The maximum Gasteiger partial charge on any atom is 0.523 e. The van der Waals surface area contributed by atoms with Crippen molar-refractivity contribution in [1.29, 1.82) is 0 Å². The molecule has 0 saturated heterocycles. The van der Waals surface area contributed by atoms with Crippen LogP contribution in [0.4, 0.5) is 13.2 Å². The van der Waals surface area contributed by atoms with Crippen molar-refractivity contribution in [3.05, 3.63) is 65.7 Å². The van der Waals surface area contributed by atoms with Gasteiger partial charge in [-0.25, -0.2) is 0 Å². The molecule has 1 nitrogen and oxygen atoms in total. The minimum atomic E-state index is -4.65. The largest absolute Gasteiger partial charge is 0.523 e. The van der Waals surface area contributed by atoms with Gasteiger partial charge in [-0.1, -0.05) is 60.7 Å². The summed E-state index contributed by atoms with van der Waals surface area (Å²) >= 11 is 0. The molecule has 0 fully saturated rings. The Morgan fingerprint density at radius 2 is 1.52 bits per heavy atom. The van der Waals surface area contributed by atoms with Gasteiger partial charge in [0.1, 0.15) is 0 Å². The number of rotatable bonds is 4. The number of hydrogen-bond acceptors (Lipinski definition) is 1. The van der Waals surface area contributed by atoms with E-state index >= 15 is 0 Å². The van der Waals surface area contributed by atoms with Crippen molar-refractivity contribution < 1.29 is 17.9 Å². The number of aryl methyl sites for hydroxylation is 1. The van der Waals surface area contributed by atoms with Crippen LogP contribution in [0.25, 0.3) is 17.2 Å². The maximum atomic E-state index is 12.3. The molecule has 0 aromatic heterocycles. The molecule has 0 aliphatic rings. The van der Waals surface area contributed by atoms with Crippen molar-refractivity contribution in [2.24, 2.45) is 0 Å². The Hall–Kier alpha value is -2.07. The number of halogens is 3. The average Bonchev–Trinajstić information content (AvgIpc) is 2.44. The van der Waals surface area contributed by atoms with Crippen molar-refractivity contribution >= 4 is 6.08 Å². The summed E-state index contributed by atoms with van der Waals surface area (Å²) < 4.78 is 41.0. The predicted molar refractivity (Wildman–Crippen MR) is 86.9 cm³/mol. The summed E-state index contributed by atoms with van der Waals surface area (Å²) in [4.78, 5) is 0. The Bertz CT molecular complexity index is 683. The van der Waals surface area contributed by atoms with Crippen molar-refractivity contribution in [3.63, 3.8) is 0 Å². The van der Waals surface area contributed by atoms with Crippen LogP contribution in [-0.4, -0.2) is 12.0 Å². The first kappa shape index (κ1) is 17.3. The van der Waals surface area contributed by atoms with Crippen LogP contribution in [0.15, 0.2) is 54.6 Å². The molecule has 2 aromatic rings. The lowest BCUT2D eigenvalue weighted by Gasteiger charge is -2.22. The number of alkyl halides is 3. The first-order chi connectivity index (χ1) is 10.7. The second kappa shape index (κ2) is 6.59. The summed E-state index contributed by atoms with van der Waals surface area (Å²) in [6.07, 6.45) is -1.61. The summed E-state index contributed by atoms with van der Waals surface area (Å²) in [5, 5.41) is 0. The first-order valence-electron chi connectivity index (χ1n) is 7.28. The molecule has 0 saturated carbocycles. The van der Waals surface area contributed by atoms with Gasteiger partial charge in [0.15, 0.2) is 0 Å². The van der Waals surface area contributed by atoms with Gasteiger partial charge < -0.3 is 0 Å². The van der Waals surface area contributed by atoms with Crippen LogP contribution in [-0.2, 0) is 4.74 Å². The van der Waals surface area contributed by atoms with Crippen molar-refractivity contribution in [2.45, 2.75) is 32.7 Å². The van der Waals surface area contributed by atoms with Crippen molar-refractivity contribution in [3.8, 4) is 11.1 Å². The fourth-order valence-corrected chi connectivity index (χ4v) is 2.30. The zero-order chi connectivity index (χ0) is 17.1. The van der Waals surface area contributed by atoms with E-state index in [1.54, 1.807) is 6.08 Å². The normalized spacial score (nSPS) is 12.8. The maximum absolute atomic E-state index is 12.3. The SMILES string of the molecule is Cc1ccccc1-c1ccc(/C=C/C(C)(C)OC(F)(F)F)cc1. The molecule has 122 valence electrons. The Labute approximate surface area is 134 Å². The number of benzene rings is 2. The topological polar surface area (TPSA) is 9.23 Å². The highest BCUT2D eigenvalue weighted by molar-refractivity contribution is 5.68. The summed E-state index contributed by atoms with van der Waals surface area (Å²) in [7, 11) is 0. The quantitative estimate of drug-likeness (QED) is 0.672. The minimum absolute atomic E-state index is 0.821. The molecule has 0 aliphatic heterocycles. The number of ether oxygens (including phenoxy) is 1. The van der Waals surface area contributed by atoms with E-state index in [-0.39, 0.29) is 0 Å². The minimum Gasteiger partial charge on any atom is -0.282 e. The van der Waals surface area contributed by atoms with E-state index < -0.39 is 12.0 Å². The first-order valence-corrected chi connectivity index (χ1v) is 7.28. The Morgan fingerprint density at radius 3 is 2.09 bits per heavy atom. The fraction of sp³-hybridized carbons (Fsp3) is 0.263. The number of hydrogen-bond donors (Lipinski definition) is 0. The van der Waals surface area contributed by atoms with E-state index in [9.17, 15) is 13.2 Å². The molecule has 2 rings (SSSR count). The summed E-state index contributed by atoms with van der Waals surface area (Å²) in [6, 6.07) is 15.7. The molecule has 4 heteroatoms. The highest BCUT2D eigenvalue weighted by Gasteiger charge is 2.36. The lowest BCUT2D eigenvalue weighted by molar-refractivity contribution is -0.352. The van der Waals surface area contributed by atoms with Crippen LogP contribution in [0.2, 0.25) is 0 Å². The van der Waals surface area contributed by atoms with Crippen LogP contribution in [0.1, 0.15) is 25.0 Å². The van der Waals surface area contributed by atoms with E-state index in [1.165, 1.54) is 25.5 Å². The molecule has 0 aliphatic carbocycles. The summed E-state index contributed by atoms with van der Waals surface area (Å²) in [5.74, 6) is 0. The molecule has 0 N–H and O–H groups in total. The summed E-state index contributed by atoms with van der Waals surface area (Å²) in [5.41, 5.74) is 2.80. The molecule has 0 heterocycles. The predicted octanol–water partition coefficient (Wildman–Crippen LogP) is 5.99. The zero-order valence-corrected chi connectivity index (χ0v) is 13.3. The van der Waals surface area contributed by atoms with Crippen LogP contribution >= 0.6 is 0 Å². The van der Waals surface area contributed by atoms with Gasteiger partial charge in [-0.3, -0.25) is 4.74 Å². The Balaban J connectivity index is 2.14. The molecular weight excluding hydrogens is 301 g/mol. The molecule has 0 radical (unpaired) electrons. The van der Waals surface area contributed by atoms with Gasteiger partial charge in [-0.2, -0.15) is 0 Å². The van der Waals surface area contributed by atoms with Gasteiger partial charge in [0, 0.05) is 0 Å². The second-order valence-corrected chi connectivity index (χ2v) is 5.92. The van der Waals surface area contributed by atoms with Crippen molar-refractivity contribution in [2.75, 3.05) is 0 Å². The van der Waals surface area contributed by atoms with E-state index in [2.05, 4.69) is 4.74 Å². The van der Waals surface area contributed by atoms with E-state index in [0.717, 1.165) is 16.7 Å². The Kier molecular flexibility index (Phi) is 4.95. The van der Waals surface area contributed by atoms with Gasteiger partial charge in [0.25, 0.3) is 0 Å². The monoisotopic (exact) mass is 320 g/mol. The smallest absolute Gasteiger partial charge is 0.282 e. The Morgan fingerprint density at radius 1 is 0.913 bits per heavy atom. The van der Waals surface area contributed by atoms with Gasteiger partial charge >= 0.3 is 6.36 Å². The molecule has 0 spiro atoms. The highest BCUT2D eigenvalue weighted by Crippen LogP contribution is 2.27. The molecule has 23 heavy (non-hydrogen) atoms. The third-order valence-corrected chi connectivity index (χ3v) is 3.42. The van der Waals surface area contributed by atoms with Crippen LogP contribution in [0.5, 0.6) is 0 Å². The lowest BCUT2D eigenvalue weighted by Crippen LogP contribution is -2.30. The van der Waals surface area contributed by atoms with Crippen LogP contribution in [0.3, 0.4) is 0 Å². The van der Waals surface area contributed by atoms with E-state index in [1.807, 2.05) is 55.5 Å².